The van der Waals surface area contributed by atoms with Crippen molar-refractivity contribution in [2.24, 2.45) is 0 Å². The first kappa shape index (κ1) is 22.4. The minimum atomic E-state index is -0.432. The van der Waals surface area contributed by atoms with Gasteiger partial charge in [0.1, 0.15) is 23.9 Å². The second kappa shape index (κ2) is 10.2. The van der Waals surface area contributed by atoms with Crippen LogP contribution >= 0.6 is 11.6 Å². The second-order valence-electron chi connectivity index (χ2n) is 7.24. The molecule has 0 atom stereocenters. The van der Waals surface area contributed by atoms with Gasteiger partial charge in [0, 0.05) is 17.3 Å². The minimum absolute atomic E-state index is 0.143. The zero-order chi connectivity index (χ0) is 23.2. The number of rotatable bonds is 9. The molecule has 2 aromatic heterocycles. The van der Waals surface area contributed by atoms with Crippen LogP contribution in [0.3, 0.4) is 0 Å². The van der Waals surface area contributed by atoms with Crippen molar-refractivity contribution in [1.82, 2.24) is 9.78 Å². The summed E-state index contributed by atoms with van der Waals surface area (Å²) >= 11 is 6.06. The number of halogens is 2. The number of ether oxygens (including phenoxy) is 1. The lowest BCUT2D eigenvalue weighted by molar-refractivity contribution is 0.0992. The highest BCUT2D eigenvalue weighted by atomic mass is 35.5. The van der Waals surface area contributed by atoms with Gasteiger partial charge in [-0.2, -0.15) is 5.10 Å². The molecule has 0 saturated heterocycles. The lowest BCUT2D eigenvalue weighted by Crippen LogP contribution is -2.12. The number of nitrogens with one attached hydrogen (secondary N) is 1. The van der Waals surface area contributed by atoms with Crippen LogP contribution in [0, 0.1) is 5.82 Å². The van der Waals surface area contributed by atoms with Crippen LogP contribution in [0.25, 0.3) is 0 Å². The number of amides is 1. The van der Waals surface area contributed by atoms with E-state index in [-0.39, 0.29) is 12.4 Å². The highest BCUT2D eigenvalue weighted by Crippen LogP contribution is 2.21. The van der Waals surface area contributed by atoms with Crippen molar-refractivity contribution in [3.05, 3.63) is 113 Å². The monoisotopic (exact) mass is 465 g/mol. The molecule has 4 aromatic rings. The zero-order valence-corrected chi connectivity index (χ0v) is 18.4. The number of nitrogens with zero attached hydrogens (tertiary/aromatic N) is 2. The molecule has 1 amide bonds. The van der Waals surface area contributed by atoms with Gasteiger partial charge in [0.25, 0.3) is 5.91 Å². The number of anilines is 1. The normalized spacial score (nSPS) is 10.7. The molecule has 0 aliphatic carbocycles. The summed E-state index contributed by atoms with van der Waals surface area (Å²) in [5.74, 6) is 0.922. The molecule has 33 heavy (non-hydrogen) atoms. The maximum Gasteiger partial charge on any atom is 0.292 e. The Hall–Kier alpha value is -3.84. The van der Waals surface area contributed by atoms with Crippen LogP contribution in [0.15, 0.2) is 83.9 Å². The summed E-state index contributed by atoms with van der Waals surface area (Å²) in [7, 11) is 0. The minimum Gasteiger partial charge on any atom is -0.485 e. The van der Waals surface area contributed by atoms with Crippen molar-refractivity contribution in [3.8, 4) is 5.75 Å². The Morgan fingerprint density at radius 3 is 2.85 bits per heavy atom. The average molecular weight is 466 g/mol. The molecule has 2 aromatic carbocycles. The Bertz CT molecular complexity index is 1280. The fourth-order valence-electron chi connectivity index (χ4n) is 3.21. The molecule has 0 fully saturated rings. The molecule has 0 aliphatic rings. The summed E-state index contributed by atoms with van der Waals surface area (Å²) < 4.78 is 26.3. The van der Waals surface area contributed by atoms with Crippen molar-refractivity contribution >= 4 is 23.3 Å². The predicted molar refractivity (Wildman–Crippen MR) is 124 cm³/mol. The predicted octanol–water partition coefficient (Wildman–Crippen LogP) is 5.88. The molecule has 0 spiro atoms. The number of allylic oxidation sites excluding steroid dienone is 1. The molecule has 0 bridgehead atoms. The third-order valence-electron chi connectivity index (χ3n) is 4.82. The molecule has 6 nitrogen and oxygen atoms in total. The van der Waals surface area contributed by atoms with Crippen LogP contribution < -0.4 is 10.1 Å². The fourth-order valence-corrected chi connectivity index (χ4v) is 3.44. The number of benzene rings is 2. The van der Waals surface area contributed by atoms with E-state index in [1.165, 1.54) is 12.1 Å². The number of furan rings is 1. The number of hydrogen-bond acceptors (Lipinski definition) is 4. The molecular formula is C25H21ClFN3O3. The smallest absolute Gasteiger partial charge is 0.292 e. The topological polar surface area (TPSA) is 69.3 Å². The lowest BCUT2D eigenvalue weighted by atomic mass is 10.1. The Kier molecular flexibility index (Phi) is 6.90. The van der Waals surface area contributed by atoms with Gasteiger partial charge in [0.2, 0.25) is 0 Å². The van der Waals surface area contributed by atoms with Gasteiger partial charge in [0.15, 0.2) is 11.6 Å². The Balaban J connectivity index is 1.35. The number of hydrogen-bond donors (Lipinski definition) is 1. The van der Waals surface area contributed by atoms with Crippen molar-refractivity contribution in [2.45, 2.75) is 19.6 Å². The maximum absolute atomic E-state index is 13.2. The van der Waals surface area contributed by atoms with Crippen LogP contribution in [0.4, 0.5) is 10.2 Å². The van der Waals surface area contributed by atoms with E-state index in [2.05, 4.69) is 17.0 Å². The molecular weight excluding hydrogens is 445 g/mol. The van der Waals surface area contributed by atoms with Crippen LogP contribution in [0.2, 0.25) is 5.02 Å². The molecule has 0 saturated carbocycles. The first-order valence-corrected chi connectivity index (χ1v) is 10.6. The second-order valence-corrected chi connectivity index (χ2v) is 7.65. The van der Waals surface area contributed by atoms with Gasteiger partial charge in [0.05, 0.1) is 6.54 Å². The highest BCUT2D eigenvalue weighted by molar-refractivity contribution is 6.31. The van der Waals surface area contributed by atoms with Gasteiger partial charge in [-0.3, -0.25) is 9.48 Å². The largest absolute Gasteiger partial charge is 0.485 e. The fraction of sp³-hybridized carbons (Fsp3) is 0.120. The van der Waals surface area contributed by atoms with E-state index in [9.17, 15) is 9.18 Å². The molecule has 0 unspecified atom stereocenters. The highest BCUT2D eigenvalue weighted by Gasteiger charge is 2.14. The van der Waals surface area contributed by atoms with Crippen molar-refractivity contribution in [2.75, 3.05) is 5.32 Å². The standard InChI is InChI=1S/C25H21ClFN3O3/c1-2-5-17-6-3-4-7-22(17)32-16-20-10-11-23(33-20)25(31)28-24-12-13-30(29-24)15-18-8-9-19(27)14-21(18)26/h2-4,6-14H,1,5,15-16H2,(H,28,29,31). The Morgan fingerprint density at radius 1 is 1.18 bits per heavy atom. The summed E-state index contributed by atoms with van der Waals surface area (Å²) in [4.78, 5) is 12.5. The first-order chi connectivity index (χ1) is 16.0. The van der Waals surface area contributed by atoms with Crippen molar-refractivity contribution in [3.63, 3.8) is 0 Å². The lowest BCUT2D eigenvalue weighted by Gasteiger charge is -2.08. The number of carbonyl (C=O) groups excluding carboxylic acids is 1. The van der Waals surface area contributed by atoms with Crippen LogP contribution in [0.1, 0.15) is 27.4 Å². The maximum atomic E-state index is 13.2. The summed E-state index contributed by atoms with van der Waals surface area (Å²) in [5.41, 5.74) is 1.74. The van der Waals surface area contributed by atoms with Crippen molar-refractivity contribution < 1.29 is 18.3 Å². The van der Waals surface area contributed by atoms with E-state index in [0.717, 1.165) is 11.3 Å². The molecule has 1 N–H and O–H groups in total. The number of carbonyl (C=O) groups is 1. The Labute approximate surface area is 195 Å². The van der Waals surface area contributed by atoms with Crippen LogP contribution in [0.5, 0.6) is 5.75 Å². The molecule has 4 rings (SSSR count). The molecule has 0 aliphatic heterocycles. The first-order valence-electron chi connectivity index (χ1n) is 10.2. The number of aromatic nitrogens is 2. The van der Waals surface area contributed by atoms with E-state index in [4.69, 9.17) is 20.8 Å². The molecule has 168 valence electrons. The van der Waals surface area contributed by atoms with Crippen molar-refractivity contribution in [1.29, 1.82) is 0 Å². The average Bonchev–Trinajstić information content (AvgIpc) is 3.45. The van der Waals surface area contributed by atoms with Crippen LogP contribution in [-0.4, -0.2) is 15.7 Å². The van der Waals surface area contributed by atoms with E-state index < -0.39 is 11.7 Å². The van der Waals surface area contributed by atoms with Gasteiger partial charge in [-0.25, -0.2) is 4.39 Å². The van der Waals surface area contributed by atoms with Gasteiger partial charge < -0.3 is 14.5 Å². The van der Waals surface area contributed by atoms with E-state index >= 15 is 0 Å². The van der Waals surface area contributed by atoms with E-state index in [1.54, 1.807) is 35.1 Å². The third-order valence-corrected chi connectivity index (χ3v) is 5.17. The van der Waals surface area contributed by atoms with E-state index in [0.29, 0.717) is 35.1 Å². The molecule has 0 radical (unpaired) electrons. The summed E-state index contributed by atoms with van der Waals surface area (Å²) in [6.07, 6.45) is 4.20. The van der Waals surface area contributed by atoms with E-state index in [1.807, 2.05) is 30.3 Å². The Morgan fingerprint density at radius 2 is 2.03 bits per heavy atom. The van der Waals surface area contributed by atoms with Gasteiger partial charge in [-0.1, -0.05) is 41.9 Å². The van der Waals surface area contributed by atoms with Crippen LogP contribution in [-0.2, 0) is 19.6 Å². The third kappa shape index (κ3) is 5.70. The zero-order valence-electron chi connectivity index (χ0n) is 17.6. The van der Waals surface area contributed by atoms with Gasteiger partial charge in [-0.05, 0) is 47.9 Å². The SMILES string of the molecule is C=CCc1ccccc1OCc1ccc(C(=O)Nc2ccn(Cc3ccc(F)cc3Cl)n2)o1. The van der Waals surface area contributed by atoms with Gasteiger partial charge in [-0.15, -0.1) is 6.58 Å². The quantitative estimate of drug-likeness (QED) is 0.313. The molecule has 8 heteroatoms. The summed E-state index contributed by atoms with van der Waals surface area (Å²) in [5, 5.41) is 7.31. The molecule has 2 heterocycles. The number of para-hydroxylation sites is 1. The summed E-state index contributed by atoms with van der Waals surface area (Å²) in [6.45, 7) is 4.28. The van der Waals surface area contributed by atoms with Gasteiger partial charge >= 0.3 is 0 Å². The summed E-state index contributed by atoms with van der Waals surface area (Å²) in [6, 6.07) is 16.8.